The molecule has 1 aromatic heterocycles. The van der Waals surface area contributed by atoms with E-state index >= 15 is 0 Å². The molecule has 0 unspecified atom stereocenters. The highest BCUT2D eigenvalue weighted by molar-refractivity contribution is 7.12. The molecule has 128 valence electrons. The Kier molecular flexibility index (Phi) is 10.3. The first-order valence-corrected chi connectivity index (χ1v) is 9.33. The molecule has 0 fully saturated rings. The van der Waals surface area contributed by atoms with Crippen molar-refractivity contribution in [3.8, 4) is 0 Å². The number of thiophene rings is 1. The van der Waals surface area contributed by atoms with Crippen LogP contribution in [0.5, 0.6) is 0 Å². The van der Waals surface area contributed by atoms with Crippen molar-refractivity contribution in [1.29, 1.82) is 0 Å². The summed E-state index contributed by atoms with van der Waals surface area (Å²) >= 11 is 1.74. The van der Waals surface area contributed by atoms with Crippen molar-refractivity contribution >= 4 is 29.2 Å². The molecule has 1 rings (SSSR count). The molecule has 0 N–H and O–H groups in total. The Morgan fingerprint density at radius 3 is 2.61 bits per heavy atom. The molecule has 0 bridgehead atoms. The Labute approximate surface area is 143 Å². The minimum Gasteiger partial charge on any atom is -0.469 e. The van der Waals surface area contributed by atoms with Gasteiger partial charge in [-0.05, 0) is 50.0 Å². The second-order valence-corrected chi connectivity index (χ2v) is 6.90. The number of methoxy groups -OCH3 is 1. The predicted molar refractivity (Wildman–Crippen MR) is 96.7 cm³/mol. The summed E-state index contributed by atoms with van der Waals surface area (Å²) in [7, 11) is 1.43. The average Bonchev–Trinajstić information content (AvgIpc) is 3.00. The van der Waals surface area contributed by atoms with Gasteiger partial charge >= 0.3 is 5.97 Å². The van der Waals surface area contributed by atoms with Gasteiger partial charge in [-0.3, -0.25) is 9.59 Å². The van der Waals surface area contributed by atoms with Crippen molar-refractivity contribution in [2.45, 2.75) is 64.7 Å². The maximum atomic E-state index is 11.7. The zero-order valence-electron chi connectivity index (χ0n) is 14.3. The van der Waals surface area contributed by atoms with E-state index in [4.69, 9.17) is 0 Å². The Morgan fingerprint density at radius 1 is 1.09 bits per heavy atom. The molecule has 0 aliphatic rings. The van der Waals surface area contributed by atoms with E-state index in [0.29, 0.717) is 12.8 Å². The summed E-state index contributed by atoms with van der Waals surface area (Å²) in [6.07, 6.45) is 12.1. The quantitative estimate of drug-likeness (QED) is 0.300. The van der Waals surface area contributed by atoms with E-state index in [1.54, 1.807) is 17.4 Å². The van der Waals surface area contributed by atoms with Crippen molar-refractivity contribution in [1.82, 2.24) is 0 Å². The molecule has 0 saturated heterocycles. The van der Waals surface area contributed by atoms with E-state index in [2.05, 4.69) is 23.8 Å². The summed E-state index contributed by atoms with van der Waals surface area (Å²) in [5, 5.41) is 0. The van der Waals surface area contributed by atoms with Crippen LogP contribution in [0.3, 0.4) is 0 Å². The second-order valence-electron chi connectivity index (χ2n) is 5.70. The minimum absolute atomic E-state index is 0.128. The van der Waals surface area contributed by atoms with Gasteiger partial charge in [0.15, 0.2) is 5.78 Å². The van der Waals surface area contributed by atoms with Crippen LogP contribution in [0.2, 0.25) is 0 Å². The van der Waals surface area contributed by atoms with Crippen molar-refractivity contribution in [2.24, 2.45) is 0 Å². The van der Waals surface area contributed by atoms with Gasteiger partial charge in [0.1, 0.15) is 0 Å². The molecule has 0 spiro atoms. The predicted octanol–water partition coefficient (Wildman–Crippen LogP) is 5.19. The third-order valence-corrected chi connectivity index (χ3v) is 4.78. The maximum absolute atomic E-state index is 11.7. The monoisotopic (exact) mass is 336 g/mol. The molecule has 0 radical (unpaired) electrons. The number of carbonyl (C=O) groups is 2. The number of hydrogen-bond acceptors (Lipinski definition) is 4. The van der Waals surface area contributed by atoms with Crippen LogP contribution in [-0.2, 0) is 20.7 Å². The number of rotatable bonds is 12. The normalized spacial score (nSPS) is 11.0. The Bertz CT molecular complexity index is 502. The highest BCUT2D eigenvalue weighted by Gasteiger charge is 2.02. The van der Waals surface area contributed by atoms with Gasteiger partial charge in [-0.1, -0.05) is 26.2 Å². The first-order chi connectivity index (χ1) is 11.2. The van der Waals surface area contributed by atoms with Gasteiger partial charge in [0.25, 0.3) is 0 Å². The lowest BCUT2D eigenvalue weighted by molar-refractivity contribution is -0.140. The van der Waals surface area contributed by atoms with Gasteiger partial charge in [0, 0.05) is 22.6 Å². The fourth-order valence-corrected chi connectivity index (χ4v) is 3.23. The van der Waals surface area contributed by atoms with E-state index in [1.807, 2.05) is 6.08 Å². The highest BCUT2D eigenvalue weighted by Crippen LogP contribution is 2.20. The van der Waals surface area contributed by atoms with Crippen LogP contribution in [0.1, 0.15) is 68.0 Å². The SMILES string of the molecule is CCCCCC(=O)/C=C/c1ccc(CCCCCC(=O)OC)s1. The molecule has 0 aliphatic carbocycles. The zero-order chi connectivity index (χ0) is 16.9. The van der Waals surface area contributed by atoms with E-state index < -0.39 is 0 Å². The van der Waals surface area contributed by atoms with Crippen LogP contribution >= 0.6 is 11.3 Å². The molecule has 0 aromatic carbocycles. The number of allylic oxidation sites excluding steroid dienone is 1. The molecular weight excluding hydrogens is 308 g/mol. The number of aryl methyl sites for hydroxylation is 1. The average molecular weight is 336 g/mol. The van der Waals surface area contributed by atoms with E-state index in [1.165, 1.54) is 12.0 Å². The third-order valence-electron chi connectivity index (χ3n) is 3.67. The van der Waals surface area contributed by atoms with Gasteiger partial charge in [-0.2, -0.15) is 0 Å². The standard InChI is InChI=1S/C19H28O3S/c1-3-4-6-9-16(20)12-13-18-15-14-17(23-18)10-7-5-8-11-19(21)22-2/h12-15H,3-11H2,1-2H3/b13-12+. The minimum atomic E-state index is -0.128. The lowest BCUT2D eigenvalue weighted by Gasteiger charge is -1.99. The molecule has 0 amide bonds. The molecule has 0 saturated carbocycles. The summed E-state index contributed by atoms with van der Waals surface area (Å²) in [6, 6.07) is 4.20. The third kappa shape index (κ3) is 9.34. The molecule has 23 heavy (non-hydrogen) atoms. The molecule has 4 heteroatoms. The van der Waals surface area contributed by atoms with Crippen LogP contribution in [-0.4, -0.2) is 18.9 Å². The summed E-state index contributed by atoms with van der Waals surface area (Å²) < 4.78 is 4.62. The summed E-state index contributed by atoms with van der Waals surface area (Å²) in [6.45, 7) is 2.14. The largest absolute Gasteiger partial charge is 0.469 e. The van der Waals surface area contributed by atoms with Gasteiger partial charge < -0.3 is 4.74 Å². The zero-order valence-corrected chi connectivity index (χ0v) is 15.1. The Balaban J connectivity index is 2.23. The molecule has 1 aromatic rings. The molecular formula is C19H28O3S. The van der Waals surface area contributed by atoms with Crippen molar-refractivity contribution in [3.05, 3.63) is 28.0 Å². The fraction of sp³-hybridized carbons (Fsp3) is 0.579. The lowest BCUT2D eigenvalue weighted by Crippen LogP contribution is -1.99. The van der Waals surface area contributed by atoms with Crippen LogP contribution in [0, 0.1) is 0 Å². The smallest absolute Gasteiger partial charge is 0.305 e. The lowest BCUT2D eigenvalue weighted by atomic mass is 10.1. The van der Waals surface area contributed by atoms with Gasteiger partial charge in [-0.25, -0.2) is 0 Å². The van der Waals surface area contributed by atoms with Gasteiger partial charge in [0.2, 0.25) is 0 Å². The summed E-state index contributed by atoms with van der Waals surface area (Å²) in [5.74, 6) is 0.0911. The van der Waals surface area contributed by atoms with Crippen LogP contribution in [0.4, 0.5) is 0 Å². The second kappa shape index (κ2) is 12.1. The van der Waals surface area contributed by atoms with Crippen molar-refractivity contribution in [3.63, 3.8) is 0 Å². The number of ketones is 1. The first kappa shape index (κ1) is 19.6. The van der Waals surface area contributed by atoms with Crippen LogP contribution in [0.25, 0.3) is 6.08 Å². The van der Waals surface area contributed by atoms with Crippen LogP contribution < -0.4 is 0 Å². The summed E-state index contributed by atoms with van der Waals surface area (Å²) in [5.41, 5.74) is 0. The number of esters is 1. The number of hydrogen-bond donors (Lipinski definition) is 0. The number of ether oxygens (including phenoxy) is 1. The Hall–Kier alpha value is -1.42. The Morgan fingerprint density at radius 2 is 1.87 bits per heavy atom. The van der Waals surface area contributed by atoms with E-state index in [9.17, 15) is 9.59 Å². The topological polar surface area (TPSA) is 43.4 Å². The van der Waals surface area contributed by atoms with Gasteiger partial charge in [-0.15, -0.1) is 11.3 Å². The first-order valence-electron chi connectivity index (χ1n) is 8.52. The van der Waals surface area contributed by atoms with E-state index in [-0.39, 0.29) is 11.8 Å². The molecule has 0 atom stereocenters. The van der Waals surface area contributed by atoms with Crippen LogP contribution in [0.15, 0.2) is 18.2 Å². The number of unbranched alkanes of at least 4 members (excludes halogenated alkanes) is 4. The van der Waals surface area contributed by atoms with Gasteiger partial charge in [0.05, 0.1) is 7.11 Å². The fourth-order valence-electron chi connectivity index (χ4n) is 2.27. The van der Waals surface area contributed by atoms with Crippen molar-refractivity contribution in [2.75, 3.05) is 7.11 Å². The summed E-state index contributed by atoms with van der Waals surface area (Å²) in [4.78, 5) is 25.2. The number of carbonyl (C=O) groups excluding carboxylic acids is 2. The molecule has 0 aliphatic heterocycles. The van der Waals surface area contributed by atoms with E-state index in [0.717, 1.165) is 49.8 Å². The van der Waals surface area contributed by atoms with Crippen molar-refractivity contribution < 1.29 is 14.3 Å². The maximum Gasteiger partial charge on any atom is 0.305 e. The molecule has 1 heterocycles. The molecule has 3 nitrogen and oxygen atoms in total. The highest BCUT2D eigenvalue weighted by atomic mass is 32.1.